The van der Waals surface area contributed by atoms with Crippen LogP contribution in [0.5, 0.6) is 0 Å². The zero-order valence-electron chi connectivity index (χ0n) is 13.2. The lowest BCUT2D eigenvalue weighted by atomic mass is 9.69. The molecule has 2 heterocycles. The Bertz CT molecular complexity index is 558. The summed E-state index contributed by atoms with van der Waals surface area (Å²) in [6.45, 7) is 7.64. The number of ether oxygens (including phenoxy) is 1. The highest BCUT2D eigenvalue weighted by Gasteiger charge is 2.71. The van der Waals surface area contributed by atoms with E-state index in [1.165, 1.54) is 0 Å². The van der Waals surface area contributed by atoms with Crippen molar-refractivity contribution in [2.75, 3.05) is 0 Å². The minimum Gasteiger partial charge on any atom is -0.390 e. The van der Waals surface area contributed by atoms with Gasteiger partial charge in [0.25, 0.3) is 10.1 Å². The van der Waals surface area contributed by atoms with Crippen LogP contribution in [0.1, 0.15) is 53.4 Å². The van der Waals surface area contributed by atoms with E-state index in [1.807, 2.05) is 20.8 Å². The molecule has 3 rings (SSSR count). The molecule has 0 radical (unpaired) electrons. The number of fused-ring (bicyclic) bond motifs is 4. The van der Waals surface area contributed by atoms with Crippen molar-refractivity contribution in [1.82, 2.24) is 0 Å². The van der Waals surface area contributed by atoms with Crippen molar-refractivity contribution in [2.24, 2.45) is 17.8 Å². The predicted octanol–water partition coefficient (Wildman–Crippen LogP) is 2.00. The Hall–Kier alpha value is -0.170. The molecular weight excluding hydrogens is 292 g/mol. The van der Waals surface area contributed by atoms with Crippen LogP contribution in [-0.2, 0) is 14.9 Å². The molecule has 1 aliphatic carbocycles. The lowest BCUT2D eigenvalue weighted by Crippen LogP contribution is -2.64. The van der Waals surface area contributed by atoms with E-state index in [4.69, 9.17) is 4.74 Å². The van der Waals surface area contributed by atoms with Crippen LogP contribution in [0.15, 0.2) is 0 Å². The number of rotatable bonds is 2. The van der Waals surface area contributed by atoms with Gasteiger partial charge in [-0.15, -0.1) is 0 Å². The standard InChI is InChI=1S/C15H26O5S/c1-9(2)15-8-7-13(3,20-15)10-5-6-14(4,21(17,18)19)11(10)12(15)16/h9-12,16H,5-8H2,1-4H3,(H,17,18,19)/t10-,11-,12+,13-,14+,15-/m1/s1. The van der Waals surface area contributed by atoms with Crippen molar-refractivity contribution in [3.63, 3.8) is 0 Å². The molecule has 0 unspecified atom stereocenters. The molecule has 21 heavy (non-hydrogen) atoms. The molecule has 0 aromatic heterocycles. The van der Waals surface area contributed by atoms with Crippen molar-refractivity contribution in [2.45, 2.75) is 75.4 Å². The second-order valence-electron chi connectivity index (χ2n) is 7.93. The van der Waals surface area contributed by atoms with E-state index in [0.717, 1.165) is 12.8 Å². The molecule has 6 heteroatoms. The van der Waals surface area contributed by atoms with Gasteiger partial charge in [0.1, 0.15) is 4.75 Å². The molecule has 3 fully saturated rings. The van der Waals surface area contributed by atoms with Gasteiger partial charge in [0.2, 0.25) is 0 Å². The van der Waals surface area contributed by atoms with E-state index in [-0.39, 0.29) is 11.8 Å². The van der Waals surface area contributed by atoms with Crippen LogP contribution in [-0.4, -0.2) is 40.1 Å². The van der Waals surface area contributed by atoms with E-state index in [1.54, 1.807) is 6.92 Å². The van der Waals surface area contributed by atoms with E-state index < -0.39 is 38.1 Å². The summed E-state index contributed by atoms with van der Waals surface area (Å²) in [4.78, 5) is 0. The number of hydrogen-bond acceptors (Lipinski definition) is 4. The first kappa shape index (κ1) is 15.7. The molecular formula is C15H26O5S. The summed E-state index contributed by atoms with van der Waals surface area (Å²) in [5.74, 6) is -0.383. The molecule has 5 nitrogen and oxygen atoms in total. The third-order valence-corrected chi connectivity index (χ3v) is 8.37. The molecule has 0 spiro atoms. The quantitative estimate of drug-likeness (QED) is 0.761. The van der Waals surface area contributed by atoms with Crippen molar-refractivity contribution >= 4 is 10.1 Å². The molecule has 0 aromatic rings. The van der Waals surface area contributed by atoms with E-state index in [0.29, 0.717) is 12.8 Å². The van der Waals surface area contributed by atoms with Gasteiger partial charge in [-0.3, -0.25) is 4.55 Å². The normalized spacial score (nSPS) is 53.2. The second-order valence-corrected chi connectivity index (χ2v) is 9.81. The lowest BCUT2D eigenvalue weighted by Gasteiger charge is -2.53. The summed E-state index contributed by atoms with van der Waals surface area (Å²) >= 11 is 0. The molecule has 6 atom stereocenters. The SMILES string of the molecule is CC(C)[C@@]12CC[C@@](C)(O1)[C@@H]1CC[C@](C)(S(=O)(=O)O)[C@H]1[C@@H]2O. The van der Waals surface area contributed by atoms with E-state index in [2.05, 4.69) is 0 Å². The van der Waals surface area contributed by atoms with Gasteiger partial charge in [0.15, 0.2) is 0 Å². The first-order chi connectivity index (χ1) is 9.48. The Morgan fingerprint density at radius 2 is 1.81 bits per heavy atom. The molecule has 0 amide bonds. The summed E-state index contributed by atoms with van der Waals surface area (Å²) in [6, 6.07) is 0. The Morgan fingerprint density at radius 3 is 2.33 bits per heavy atom. The van der Waals surface area contributed by atoms with Crippen LogP contribution in [0.2, 0.25) is 0 Å². The topological polar surface area (TPSA) is 83.8 Å². The zero-order chi connectivity index (χ0) is 15.8. The van der Waals surface area contributed by atoms with E-state index in [9.17, 15) is 18.1 Å². The molecule has 122 valence electrons. The van der Waals surface area contributed by atoms with Gasteiger partial charge in [-0.05, 0) is 51.4 Å². The fourth-order valence-electron chi connectivity index (χ4n) is 5.26. The van der Waals surface area contributed by atoms with Gasteiger partial charge in [-0.25, -0.2) is 0 Å². The fraction of sp³-hybridized carbons (Fsp3) is 1.00. The highest BCUT2D eigenvalue weighted by molar-refractivity contribution is 7.87. The Morgan fingerprint density at radius 1 is 1.19 bits per heavy atom. The monoisotopic (exact) mass is 318 g/mol. The summed E-state index contributed by atoms with van der Waals surface area (Å²) in [6.07, 6.45) is 1.78. The van der Waals surface area contributed by atoms with Crippen LogP contribution in [0.25, 0.3) is 0 Å². The van der Waals surface area contributed by atoms with Crippen LogP contribution in [0, 0.1) is 17.8 Å². The molecule has 2 bridgehead atoms. The van der Waals surface area contributed by atoms with Crippen LogP contribution < -0.4 is 0 Å². The summed E-state index contributed by atoms with van der Waals surface area (Å²) in [5, 5.41) is 11.0. The minimum absolute atomic E-state index is 0.0196. The van der Waals surface area contributed by atoms with Crippen LogP contribution in [0.4, 0.5) is 0 Å². The maximum atomic E-state index is 12.0. The average molecular weight is 318 g/mol. The molecule has 1 saturated carbocycles. The van der Waals surface area contributed by atoms with Crippen molar-refractivity contribution in [3.8, 4) is 0 Å². The van der Waals surface area contributed by atoms with Gasteiger partial charge in [-0.1, -0.05) is 13.8 Å². The average Bonchev–Trinajstić information content (AvgIpc) is 2.86. The summed E-state index contributed by atoms with van der Waals surface area (Å²) in [5.41, 5.74) is -1.08. The molecule has 3 aliphatic rings. The van der Waals surface area contributed by atoms with Crippen LogP contribution >= 0.6 is 0 Å². The number of hydrogen-bond donors (Lipinski definition) is 2. The first-order valence-electron chi connectivity index (χ1n) is 7.83. The van der Waals surface area contributed by atoms with Gasteiger partial charge < -0.3 is 9.84 Å². The smallest absolute Gasteiger partial charge is 0.270 e. The third-order valence-electron chi connectivity index (χ3n) is 6.72. The number of aliphatic hydroxyl groups excluding tert-OH is 1. The second kappa shape index (κ2) is 4.22. The Kier molecular flexibility index (Phi) is 3.16. The minimum atomic E-state index is -4.22. The van der Waals surface area contributed by atoms with Gasteiger partial charge >= 0.3 is 0 Å². The molecule has 2 aliphatic heterocycles. The van der Waals surface area contributed by atoms with Crippen molar-refractivity contribution in [1.29, 1.82) is 0 Å². The maximum Gasteiger partial charge on any atom is 0.270 e. The van der Waals surface area contributed by atoms with Crippen LogP contribution in [0.3, 0.4) is 0 Å². The third kappa shape index (κ3) is 1.76. The largest absolute Gasteiger partial charge is 0.390 e. The first-order valence-corrected chi connectivity index (χ1v) is 9.27. The summed E-state index contributed by atoms with van der Waals surface area (Å²) < 4.78 is 38.8. The molecule has 2 N–H and O–H groups in total. The Balaban J connectivity index is 2.13. The summed E-state index contributed by atoms with van der Waals surface area (Å²) in [7, 11) is -4.22. The zero-order valence-corrected chi connectivity index (χ0v) is 14.0. The van der Waals surface area contributed by atoms with Gasteiger partial charge in [0, 0.05) is 5.92 Å². The van der Waals surface area contributed by atoms with Gasteiger partial charge in [0.05, 0.1) is 17.3 Å². The van der Waals surface area contributed by atoms with E-state index >= 15 is 0 Å². The molecule has 0 aromatic carbocycles. The predicted molar refractivity (Wildman–Crippen MR) is 78.5 cm³/mol. The molecule has 2 saturated heterocycles. The van der Waals surface area contributed by atoms with Gasteiger partial charge in [-0.2, -0.15) is 8.42 Å². The lowest BCUT2D eigenvalue weighted by molar-refractivity contribution is -0.249. The highest BCUT2D eigenvalue weighted by atomic mass is 32.2. The van der Waals surface area contributed by atoms with Crippen molar-refractivity contribution < 1.29 is 22.8 Å². The maximum absolute atomic E-state index is 12.0. The fourth-order valence-corrected chi connectivity index (χ4v) is 6.27. The highest BCUT2D eigenvalue weighted by Crippen LogP contribution is 2.63. The van der Waals surface area contributed by atoms with Crippen molar-refractivity contribution in [3.05, 3.63) is 0 Å². The Labute approximate surface area is 126 Å². The number of aliphatic hydroxyl groups is 1.